The molecule has 1 saturated carbocycles. The Morgan fingerprint density at radius 1 is 0.940 bits per heavy atom. The van der Waals surface area contributed by atoms with Crippen molar-refractivity contribution >= 4 is 29.1 Å². The van der Waals surface area contributed by atoms with E-state index in [9.17, 15) is 9.90 Å². The number of rotatable bonds is 19. The Morgan fingerprint density at radius 2 is 1.66 bits per heavy atom. The van der Waals surface area contributed by atoms with Gasteiger partial charge in [-0.25, -0.2) is 0 Å². The Morgan fingerprint density at radius 3 is 2.34 bits per heavy atom. The number of halogens is 2. The minimum atomic E-state index is -0.368. The van der Waals surface area contributed by atoms with Gasteiger partial charge in [0.25, 0.3) is 0 Å². The van der Waals surface area contributed by atoms with Crippen LogP contribution in [0.5, 0.6) is 23.0 Å². The van der Waals surface area contributed by atoms with Crippen molar-refractivity contribution < 1.29 is 28.8 Å². The normalized spacial score (nSPS) is 13.1. The Balaban J connectivity index is 1.20. The van der Waals surface area contributed by atoms with Gasteiger partial charge in [0.05, 0.1) is 16.0 Å². The maximum atomic E-state index is 14.0. The molecule has 3 N–H and O–H groups in total. The SMILES string of the molecule is COCCCc1cc(CN(C(=O)C(CN)Cc2ccc(OCCOc3c(Cl)cc(C)cc3Cl)cc2)C2CC2)cc(OCc2ncccc2O)c1. The third kappa shape index (κ3) is 10.7. The summed E-state index contributed by atoms with van der Waals surface area (Å²) in [6, 6.07) is 20.9. The molecule has 1 aliphatic rings. The van der Waals surface area contributed by atoms with Crippen LogP contribution >= 0.6 is 23.2 Å². The molecular formula is C39H45Cl2N3O6. The van der Waals surface area contributed by atoms with Gasteiger partial charge in [-0.05, 0) is 110 Å². The molecule has 1 fully saturated rings. The van der Waals surface area contributed by atoms with Crippen molar-refractivity contribution in [1.82, 2.24) is 9.88 Å². The Kier molecular flexibility index (Phi) is 13.6. The number of carbonyl (C=O) groups excluding carboxylic acids is 1. The van der Waals surface area contributed by atoms with Gasteiger partial charge in [0.2, 0.25) is 5.91 Å². The number of pyridine rings is 1. The van der Waals surface area contributed by atoms with Crippen LogP contribution < -0.4 is 19.9 Å². The number of nitrogens with zero attached hydrogens (tertiary/aromatic N) is 2. The molecule has 0 bridgehead atoms. The fourth-order valence-electron chi connectivity index (χ4n) is 5.77. The number of amides is 1. The molecule has 1 aliphatic carbocycles. The van der Waals surface area contributed by atoms with Crippen LogP contribution in [0.1, 0.15) is 47.2 Å². The molecule has 1 aromatic heterocycles. The number of ether oxygens (including phenoxy) is 4. The van der Waals surface area contributed by atoms with Crippen molar-refractivity contribution in [2.24, 2.45) is 11.7 Å². The van der Waals surface area contributed by atoms with Crippen LogP contribution in [0.3, 0.4) is 0 Å². The second-order valence-corrected chi connectivity index (χ2v) is 13.4. The van der Waals surface area contributed by atoms with Crippen LogP contribution in [0, 0.1) is 12.8 Å². The largest absolute Gasteiger partial charge is 0.506 e. The minimum Gasteiger partial charge on any atom is -0.506 e. The number of carbonyl (C=O) groups is 1. The summed E-state index contributed by atoms with van der Waals surface area (Å²) in [5.41, 5.74) is 10.7. The topological polar surface area (TPSA) is 116 Å². The number of methoxy groups -OCH3 is 1. The lowest BCUT2D eigenvalue weighted by atomic mass is 9.97. The monoisotopic (exact) mass is 721 g/mol. The Labute approximate surface area is 304 Å². The first-order valence-electron chi connectivity index (χ1n) is 16.9. The highest BCUT2D eigenvalue weighted by Gasteiger charge is 2.35. The standard InChI is InChI=1S/C39H45Cl2N3O6/c1-26-17-34(40)38(35(41)18-26)49-16-15-48-32-11-7-27(8-12-32)20-30(23-42)39(46)44(31-9-10-31)24-29-19-28(5-4-14-47-2)21-33(22-29)50-25-36-37(45)6-3-13-43-36/h3,6-8,11-13,17-19,21-22,30-31,45H,4-5,9-10,14-16,20,23-25,42H2,1-2H3. The second-order valence-electron chi connectivity index (χ2n) is 12.6. The van der Waals surface area contributed by atoms with E-state index in [0.717, 1.165) is 47.9 Å². The van der Waals surface area contributed by atoms with Crippen LogP contribution in [-0.4, -0.2) is 60.4 Å². The van der Waals surface area contributed by atoms with Crippen molar-refractivity contribution in [3.63, 3.8) is 0 Å². The molecule has 4 aromatic rings. The lowest BCUT2D eigenvalue weighted by Crippen LogP contribution is -2.41. The van der Waals surface area contributed by atoms with Crippen molar-refractivity contribution in [2.75, 3.05) is 33.5 Å². The zero-order chi connectivity index (χ0) is 35.5. The lowest BCUT2D eigenvalue weighted by Gasteiger charge is -2.27. The number of hydrogen-bond acceptors (Lipinski definition) is 8. The minimum absolute atomic E-state index is 0.0477. The summed E-state index contributed by atoms with van der Waals surface area (Å²) in [6.45, 7) is 3.98. The van der Waals surface area contributed by atoms with Gasteiger partial charge in [0.1, 0.15) is 42.8 Å². The molecule has 5 rings (SSSR count). The summed E-state index contributed by atoms with van der Waals surface area (Å²) >= 11 is 12.5. The number of aromatic hydroxyl groups is 1. The smallest absolute Gasteiger partial charge is 0.227 e. The summed E-state index contributed by atoms with van der Waals surface area (Å²) in [5, 5.41) is 11.1. The molecule has 0 saturated heterocycles. The summed E-state index contributed by atoms with van der Waals surface area (Å²) in [6.07, 6.45) is 5.74. The molecule has 1 heterocycles. The zero-order valence-corrected chi connectivity index (χ0v) is 30.1. The molecule has 266 valence electrons. The van der Waals surface area contributed by atoms with Crippen LogP contribution in [0.4, 0.5) is 0 Å². The summed E-state index contributed by atoms with van der Waals surface area (Å²) in [7, 11) is 1.69. The van der Waals surface area contributed by atoms with Crippen LogP contribution in [0.15, 0.2) is 72.9 Å². The van der Waals surface area contributed by atoms with Crippen LogP contribution in [0.25, 0.3) is 0 Å². The van der Waals surface area contributed by atoms with E-state index < -0.39 is 0 Å². The highest BCUT2D eigenvalue weighted by Crippen LogP contribution is 2.34. The molecular weight excluding hydrogens is 677 g/mol. The first-order valence-corrected chi connectivity index (χ1v) is 17.7. The fourth-order valence-corrected chi connectivity index (χ4v) is 6.48. The van der Waals surface area contributed by atoms with E-state index in [1.54, 1.807) is 37.6 Å². The Bertz CT molecular complexity index is 1690. The number of aromatic nitrogens is 1. The first kappa shape index (κ1) is 37.2. The van der Waals surface area contributed by atoms with Gasteiger partial charge in [-0.3, -0.25) is 9.78 Å². The van der Waals surface area contributed by atoms with Gasteiger partial charge in [-0.15, -0.1) is 0 Å². The zero-order valence-electron chi connectivity index (χ0n) is 28.6. The summed E-state index contributed by atoms with van der Waals surface area (Å²) in [5.74, 6) is 1.56. The van der Waals surface area contributed by atoms with Gasteiger partial charge in [-0.2, -0.15) is 0 Å². The molecule has 50 heavy (non-hydrogen) atoms. The fraction of sp³-hybridized carbons (Fsp3) is 0.385. The summed E-state index contributed by atoms with van der Waals surface area (Å²) in [4.78, 5) is 20.2. The second kappa shape index (κ2) is 18.3. The number of nitrogens with two attached hydrogens (primary N) is 1. The molecule has 0 radical (unpaired) electrons. The predicted octanol–water partition coefficient (Wildman–Crippen LogP) is 7.33. The van der Waals surface area contributed by atoms with Gasteiger partial charge in [-0.1, -0.05) is 41.4 Å². The van der Waals surface area contributed by atoms with Crippen molar-refractivity contribution in [1.29, 1.82) is 0 Å². The van der Waals surface area contributed by atoms with E-state index in [1.807, 2.05) is 48.2 Å². The maximum absolute atomic E-state index is 14.0. The van der Waals surface area contributed by atoms with Gasteiger partial charge in [0.15, 0.2) is 5.75 Å². The molecule has 1 atom stereocenters. The number of hydrogen-bond donors (Lipinski definition) is 2. The van der Waals surface area contributed by atoms with Crippen molar-refractivity contribution in [2.45, 2.75) is 58.2 Å². The quantitative estimate of drug-likeness (QED) is 0.0968. The van der Waals surface area contributed by atoms with Crippen LogP contribution in [-0.2, 0) is 35.5 Å². The van der Waals surface area contributed by atoms with Crippen molar-refractivity contribution in [3.8, 4) is 23.0 Å². The van der Waals surface area contributed by atoms with Gasteiger partial charge >= 0.3 is 0 Å². The van der Waals surface area contributed by atoms with Crippen molar-refractivity contribution in [3.05, 3.63) is 111 Å². The highest BCUT2D eigenvalue weighted by molar-refractivity contribution is 6.37. The van der Waals surface area contributed by atoms with Gasteiger partial charge < -0.3 is 34.7 Å². The molecule has 11 heteroatoms. The summed E-state index contributed by atoms with van der Waals surface area (Å²) < 4.78 is 23.0. The molecule has 9 nitrogen and oxygen atoms in total. The van der Waals surface area contributed by atoms with E-state index in [0.29, 0.717) is 59.2 Å². The third-order valence-corrected chi connectivity index (χ3v) is 9.05. The van der Waals surface area contributed by atoms with Crippen LogP contribution in [0.2, 0.25) is 10.0 Å². The molecule has 1 amide bonds. The molecule has 1 unspecified atom stereocenters. The maximum Gasteiger partial charge on any atom is 0.227 e. The van der Waals surface area contributed by atoms with E-state index in [-0.39, 0.29) is 43.4 Å². The lowest BCUT2D eigenvalue weighted by molar-refractivity contribution is -0.136. The van der Waals surface area contributed by atoms with E-state index in [2.05, 4.69) is 11.1 Å². The molecule has 0 aliphatic heterocycles. The highest BCUT2D eigenvalue weighted by atomic mass is 35.5. The third-order valence-electron chi connectivity index (χ3n) is 8.49. The molecule has 3 aromatic carbocycles. The first-order chi connectivity index (χ1) is 24.2. The number of benzene rings is 3. The van der Waals surface area contributed by atoms with E-state index in [4.69, 9.17) is 47.9 Å². The van der Waals surface area contributed by atoms with E-state index in [1.165, 1.54) is 0 Å². The Hall–Kier alpha value is -4.02. The molecule has 0 spiro atoms. The predicted molar refractivity (Wildman–Crippen MR) is 195 cm³/mol. The van der Waals surface area contributed by atoms with E-state index >= 15 is 0 Å². The van der Waals surface area contributed by atoms with Gasteiger partial charge in [0, 0.05) is 39.0 Å². The number of aryl methyl sites for hydroxylation is 2. The average Bonchev–Trinajstić information content (AvgIpc) is 3.94. The average molecular weight is 723 g/mol.